The van der Waals surface area contributed by atoms with Crippen LogP contribution in [-0.2, 0) is 9.84 Å². The number of sulfone groups is 1. The third-order valence-corrected chi connectivity index (χ3v) is 6.31. The number of benzene rings is 2. The molecule has 31 heavy (non-hydrogen) atoms. The van der Waals surface area contributed by atoms with E-state index in [2.05, 4.69) is 5.43 Å². The fraction of sp³-hybridized carbons (Fsp3) is 0. The number of nitrogens with one attached hydrogen (secondary N) is 1. The van der Waals surface area contributed by atoms with Crippen molar-refractivity contribution in [2.75, 3.05) is 0 Å². The summed E-state index contributed by atoms with van der Waals surface area (Å²) in [6.07, 6.45) is 1.25. The van der Waals surface area contributed by atoms with Gasteiger partial charge in [-0.1, -0.05) is 0 Å². The van der Waals surface area contributed by atoms with E-state index in [0.29, 0.717) is 5.01 Å². The maximum Gasteiger partial charge on any atom is 0.335 e. The number of furan rings is 1. The van der Waals surface area contributed by atoms with E-state index >= 15 is 0 Å². The minimum atomic E-state index is -4.10. The fourth-order valence-corrected chi connectivity index (χ4v) is 4.25. The van der Waals surface area contributed by atoms with Crippen molar-refractivity contribution in [2.24, 2.45) is 0 Å². The van der Waals surface area contributed by atoms with Gasteiger partial charge in [-0.05, 0) is 54.6 Å². The smallest absolute Gasteiger partial charge is 0.335 e. The summed E-state index contributed by atoms with van der Waals surface area (Å²) in [7, 11) is -4.10. The van der Waals surface area contributed by atoms with Crippen LogP contribution in [0.15, 0.2) is 75.1 Å². The van der Waals surface area contributed by atoms with Gasteiger partial charge in [0.1, 0.15) is 0 Å². The molecule has 3 aromatic rings. The Morgan fingerprint density at radius 2 is 1.55 bits per heavy atom. The van der Waals surface area contributed by atoms with Gasteiger partial charge in [0.25, 0.3) is 11.8 Å². The predicted molar refractivity (Wildman–Crippen MR) is 102 cm³/mol. The molecular formula is C20H12N2O8S. The summed E-state index contributed by atoms with van der Waals surface area (Å²) >= 11 is 0. The van der Waals surface area contributed by atoms with E-state index < -0.39 is 33.5 Å². The number of hydrogen-bond donors (Lipinski definition) is 2. The van der Waals surface area contributed by atoms with E-state index in [1.807, 2.05) is 0 Å². The summed E-state index contributed by atoms with van der Waals surface area (Å²) in [4.78, 5) is 47.7. The van der Waals surface area contributed by atoms with Gasteiger partial charge in [-0.2, -0.15) is 5.01 Å². The molecule has 0 saturated carbocycles. The first kappa shape index (κ1) is 20.0. The highest BCUT2D eigenvalue weighted by Crippen LogP contribution is 2.28. The van der Waals surface area contributed by atoms with Gasteiger partial charge in [-0.25, -0.2) is 13.2 Å². The van der Waals surface area contributed by atoms with Crippen LogP contribution in [0, 0.1) is 0 Å². The summed E-state index contributed by atoms with van der Waals surface area (Å²) in [5.41, 5.74) is 1.76. The molecule has 0 unspecified atom stereocenters. The van der Waals surface area contributed by atoms with Crippen molar-refractivity contribution in [1.82, 2.24) is 10.4 Å². The van der Waals surface area contributed by atoms with Crippen molar-refractivity contribution in [3.05, 3.63) is 83.3 Å². The van der Waals surface area contributed by atoms with E-state index in [-0.39, 0.29) is 32.2 Å². The number of carbonyl (C=O) groups excluding carboxylic acids is 3. The number of carboxylic acids is 1. The molecule has 1 aliphatic rings. The number of rotatable bonds is 5. The highest BCUT2D eigenvalue weighted by Gasteiger charge is 2.38. The Morgan fingerprint density at radius 1 is 0.903 bits per heavy atom. The lowest BCUT2D eigenvalue weighted by Gasteiger charge is -2.13. The van der Waals surface area contributed by atoms with Gasteiger partial charge >= 0.3 is 11.9 Å². The number of carbonyl (C=O) groups is 4. The van der Waals surface area contributed by atoms with Gasteiger partial charge in [-0.3, -0.25) is 19.8 Å². The predicted octanol–water partition coefficient (Wildman–Crippen LogP) is 1.75. The third-order valence-electron chi connectivity index (χ3n) is 4.54. The normalized spacial score (nSPS) is 13.2. The van der Waals surface area contributed by atoms with Gasteiger partial charge in [0.05, 0.1) is 32.7 Å². The highest BCUT2D eigenvalue weighted by molar-refractivity contribution is 7.91. The largest absolute Gasteiger partial charge is 0.478 e. The minimum absolute atomic E-state index is 0.0788. The standard InChI is InChI=1S/C20H12N2O8S/c23-17(16-2-1-9-30-16)21-22-18(24)14-8-7-13(10-15(14)19(22)25)31(28,29)12-5-3-11(4-6-12)20(26)27/h1-10H,(H,21,23)(H,26,27). The van der Waals surface area contributed by atoms with Crippen LogP contribution in [0.3, 0.4) is 0 Å². The molecule has 1 aliphatic heterocycles. The SMILES string of the molecule is O=C(O)c1ccc(S(=O)(=O)c2ccc3c(c2)C(=O)N(NC(=O)c2ccco2)C3=O)cc1. The second-order valence-electron chi connectivity index (χ2n) is 6.40. The second kappa shape index (κ2) is 7.22. The molecule has 1 aromatic heterocycles. The van der Waals surface area contributed by atoms with Crippen LogP contribution < -0.4 is 5.43 Å². The molecule has 3 amide bonds. The van der Waals surface area contributed by atoms with E-state index in [1.165, 1.54) is 24.5 Å². The van der Waals surface area contributed by atoms with Gasteiger partial charge in [0.2, 0.25) is 9.84 Å². The summed E-state index contributed by atoms with van der Waals surface area (Å²) in [5, 5.41) is 9.42. The van der Waals surface area contributed by atoms with Gasteiger partial charge in [-0.15, -0.1) is 0 Å². The zero-order chi connectivity index (χ0) is 22.3. The van der Waals surface area contributed by atoms with Crippen molar-refractivity contribution in [3.63, 3.8) is 0 Å². The number of carboxylic acid groups (broad SMARTS) is 1. The first-order valence-electron chi connectivity index (χ1n) is 8.66. The quantitative estimate of drug-likeness (QED) is 0.570. The second-order valence-corrected chi connectivity index (χ2v) is 8.35. The van der Waals surface area contributed by atoms with E-state index in [9.17, 15) is 27.6 Å². The van der Waals surface area contributed by atoms with Crippen molar-refractivity contribution < 1.29 is 37.1 Å². The first-order valence-corrected chi connectivity index (χ1v) is 10.1. The Morgan fingerprint density at radius 3 is 2.16 bits per heavy atom. The minimum Gasteiger partial charge on any atom is -0.478 e. The van der Waals surface area contributed by atoms with Crippen LogP contribution >= 0.6 is 0 Å². The average molecular weight is 440 g/mol. The van der Waals surface area contributed by atoms with Crippen LogP contribution in [0.4, 0.5) is 0 Å². The molecule has 10 nitrogen and oxygen atoms in total. The fourth-order valence-electron chi connectivity index (χ4n) is 2.97. The Balaban J connectivity index is 1.65. The number of imide groups is 1. The molecule has 0 radical (unpaired) electrons. The molecule has 4 rings (SSSR count). The van der Waals surface area contributed by atoms with Crippen LogP contribution in [0.25, 0.3) is 0 Å². The van der Waals surface area contributed by atoms with Crippen LogP contribution in [0.1, 0.15) is 41.6 Å². The van der Waals surface area contributed by atoms with Crippen molar-refractivity contribution in [2.45, 2.75) is 9.79 Å². The van der Waals surface area contributed by atoms with E-state index in [4.69, 9.17) is 9.52 Å². The number of hydrazine groups is 1. The Kier molecular flexibility index (Phi) is 4.67. The summed E-state index contributed by atoms with van der Waals surface area (Å²) < 4.78 is 30.7. The molecule has 2 aromatic carbocycles. The lowest BCUT2D eigenvalue weighted by molar-refractivity contribution is 0.0510. The van der Waals surface area contributed by atoms with Crippen molar-refractivity contribution in [1.29, 1.82) is 0 Å². The number of fused-ring (bicyclic) bond motifs is 1. The van der Waals surface area contributed by atoms with Crippen molar-refractivity contribution in [3.8, 4) is 0 Å². The third kappa shape index (κ3) is 3.36. The lowest BCUT2D eigenvalue weighted by atomic mass is 10.1. The molecule has 0 fully saturated rings. The van der Waals surface area contributed by atoms with Crippen LogP contribution in [-0.4, -0.2) is 42.2 Å². The van der Waals surface area contributed by atoms with Crippen molar-refractivity contribution >= 4 is 33.5 Å². The highest BCUT2D eigenvalue weighted by atomic mass is 32.2. The molecule has 0 atom stereocenters. The molecule has 11 heteroatoms. The first-order chi connectivity index (χ1) is 14.7. The Hall–Kier alpha value is -4.25. The molecule has 0 spiro atoms. The summed E-state index contributed by atoms with van der Waals surface area (Å²) in [6.45, 7) is 0. The maximum absolute atomic E-state index is 12.9. The number of amides is 3. The van der Waals surface area contributed by atoms with Gasteiger partial charge < -0.3 is 9.52 Å². The lowest BCUT2D eigenvalue weighted by Crippen LogP contribution is -2.45. The molecule has 2 N–H and O–H groups in total. The van der Waals surface area contributed by atoms with Gasteiger partial charge in [0, 0.05) is 0 Å². The molecular weight excluding hydrogens is 428 g/mol. The summed E-state index contributed by atoms with van der Waals surface area (Å²) in [5.74, 6) is -3.88. The van der Waals surface area contributed by atoms with Crippen LogP contribution in [0.2, 0.25) is 0 Å². The molecule has 0 saturated heterocycles. The maximum atomic E-state index is 12.9. The Bertz CT molecular complexity index is 1340. The van der Waals surface area contributed by atoms with E-state index in [1.54, 1.807) is 0 Å². The topological polar surface area (TPSA) is 151 Å². The zero-order valence-corrected chi connectivity index (χ0v) is 16.3. The van der Waals surface area contributed by atoms with Crippen LogP contribution in [0.5, 0.6) is 0 Å². The molecule has 0 aliphatic carbocycles. The molecule has 2 heterocycles. The molecule has 0 bridgehead atoms. The zero-order valence-electron chi connectivity index (χ0n) is 15.4. The van der Waals surface area contributed by atoms with E-state index in [0.717, 1.165) is 36.4 Å². The number of nitrogens with zero attached hydrogens (tertiary/aromatic N) is 1. The Labute approximate surface area is 174 Å². The number of aromatic carboxylic acids is 1. The summed E-state index contributed by atoms with van der Waals surface area (Å²) in [6, 6.07) is 10.7. The number of hydrogen-bond acceptors (Lipinski definition) is 7. The average Bonchev–Trinajstić information content (AvgIpc) is 3.37. The monoisotopic (exact) mass is 440 g/mol. The van der Waals surface area contributed by atoms with Gasteiger partial charge in [0.15, 0.2) is 5.76 Å². The molecule has 156 valence electrons.